The zero-order valence-corrected chi connectivity index (χ0v) is 14.4. The van der Waals surface area contributed by atoms with Crippen LogP contribution in [0.5, 0.6) is 5.75 Å². The number of ether oxygens (including phenoxy) is 1. The highest BCUT2D eigenvalue weighted by atomic mass is 16.5. The highest BCUT2D eigenvalue weighted by molar-refractivity contribution is 5.64. The maximum absolute atomic E-state index is 10.4. The van der Waals surface area contributed by atoms with Gasteiger partial charge in [-0.1, -0.05) is 42.8 Å². The summed E-state index contributed by atoms with van der Waals surface area (Å²) in [5.41, 5.74) is 3.32. The van der Waals surface area contributed by atoms with Crippen LogP contribution in [0.15, 0.2) is 48.5 Å². The first-order valence-electron chi connectivity index (χ1n) is 8.91. The average Bonchev–Trinajstić information content (AvgIpc) is 2.67. The number of aliphatic hydroxyl groups excluding tert-OH is 1. The molecule has 24 heavy (non-hydrogen) atoms. The third-order valence-corrected chi connectivity index (χ3v) is 4.89. The van der Waals surface area contributed by atoms with Crippen LogP contribution in [0.1, 0.15) is 37.4 Å². The van der Waals surface area contributed by atoms with E-state index >= 15 is 0 Å². The number of nitrogens with zero attached hydrogens (tertiary/aromatic N) is 1. The molecule has 0 aromatic heterocycles. The van der Waals surface area contributed by atoms with Crippen LogP contribution in [0.4, 0.5) is 0 Å². The molecule has 2 aromatic carbocycles. The molecule has 0 bridgehead atoms. The van der Waals surface area contributed by atoms with Crippen molar-refractivity contribution in [1.29, 1.82) is 0 Å². The van der Waals surface area contributed by atoms with Gasteiger partial charge in [-0.05, 0) is 61.2 Å². The van der Waals surface area contributed by atoms with Crippen LogP contribution >= 0.6 is 0 Å². The van der Waals surface area contributed by atoms with Gasteiger partial charge in [-0.15, -0.1) is 0 Å². The first-order valence-corrected chi connectivity index (χ1v) is 8.91. The maximum Gasteiger partial charge on any atom is 0.118 e. The minimum Gasteiger partial charge on any atom is -0.497 e. The number of hydrogen-bond acceptors (Lipinski definition) is 3. The number of aliphatic hydroxyl groups is 1. The predicted molar refractivity (Wildman–Crippen MR) is 98.3 cm³/mol. The second kappa shape index (κ2) is 8.32. The summed E-state index contributed by atoms with van der Waals surface area (Å²) in [6.07, 6.45) is 4.38. The van der Waals surface area contributed by atoms with Gasteiger partial charge in [0, 0.05) is 6.54 Å². The van der Waals surface area contributed by atoms with Crippen molar-refractivity contribution in [2.24, 2.45) is 0 Å². The van der Waals surface area contributed by atoms with Crippen molar-refractivity contribution >= 4 is 0 Å². The molecule has 1 unspecified atom stereocenters. The molecule has 128 valence electrons. The zero-order chi connectivity index (χ0) is 16.8. The summed E-state index contributed by atoms with van der Waals surface area (Å²) in [4.78, 5) is 2.47. The third kappa shape index (κ3) is 4.37. The molecule has 0 saturated carbocycles. The summed E-state index contributed by atoms with van der Waals surface area (Å²) in [6.45, 7) is 3.35. The highest BCUT2D eigenvalue weighted by Gasteiger charge is 2.13. The second-order valence-electron chi connectivity index (χ2n) is 6.56. The molecule has 1 aliphatic rings. The van der Waals surface area contributed by atoms with E-state index in [4.69, 9.17) is 4.74 Å². The number of rotatable bonds is 6. The Balaban J connectivity index is 1.58. The lowest BCUT2D eigenvalue weighted by molar-refractivity contribution is 0.134. The van der Waals surface area contributed by atoms with Crippen LogP contribution in [0.3, 0.4) is 0 Å². The van der Waals surface area contributed by atoms with Crippen LogP contribution in [0, 0.1) is 0 Å². The molecule has 1 N–H and O–H groups in total. The number of likely N-dealkylation sites (tertiary alicyclic amines) is 1. The van der Waals surface area contributed by atoms with Crippen molar-refractivity contribution in [2.75, 3.05) is 26.7 Å². The molecule has 3 heteroatoms. The second-order valence-corrected chi connectivity index (χ2v) is 6.56. The van der Waals surface area contributed by atoms with E-state index in [-0.39, 0.29) is 6.10 Å². The minimum absolute atomic E-state index is 0.378. The molecule has 0 amide bonds. The van der Waals surface area contributed by atoms with E-state index in [1.165, 1.54) is 32.4 Å². The Labute approximate surface area is 144 Å². The maximum atomic E-state index is 10.4. The fourth-order valence-corrected chi connectivity index (χ4v) is 3.34. The smallest absolute Gasteiger partial charge is 0.118 e. The van der Waals surface area contributed by atoms with Gasteiger partial charge in [0.05, 0.1) is 13.2 Å². The number of piperidine rings is 1. The standard InChI is InChI=1S/C21H27NO2/c1-24-20-11-9-18(10-12-20)17-5-7-19(8-6-17)21(23)13-16-22-14-3-2-4-15-22/h5-12,21,23H,2-4,13-16H2,1H3. The van der Waals surface area contributed by atoms with Crippen molar-refractivity contribution in [1.82, 2.24) is 4.90 Å². The molecule has 1 aliphatic heterocycles. The summed E-state index contributed by atoms with van der Waals surface area (Å²) < 4.78 is 5.20. The van der Waals surface area contributed by atoms with Crippen LogP contribution in [-0.2, 0) is 0 Å². The van der Waals surface area contributed by atoms with Crippen molar-refractivity contribution in [3.63, 3.8) is 0 Å². The molecule has 0 aliphatic carbocycles. The molecule has 2 aromatic rings. The van der Waals surface area contributed by atoms with Gasteiger partial charge in [-0.3, -0.25) is 0 Å². The molecular weight excluding hydrogens is 298 g/mol. The van der Waals surface area contributed by atoms with Gasteiger partial charge in [-0.2, -0.15) is 0 Å². The molecule has 0 radical (unpaired) electrons. The molecule has 0 spiro atoms. The van der Waals surface area contributed by atoms with Crippen molar-refractivity contribution in [3.8, 4) is 16.9 Å². The van der Waals surface area contributed by atoms with E-state index in [2.05, 4.69) is 29.2 Å². The Morgan fingerprint density at radius 3 is 2.08 bits per heavy atom. The molecule has 1 saturated heterocycles. The first kappa shape index (κ1) is 17.0. The number of methoxy groups -OCH3 is 1. The van der Waals surface area contributed by atoms with Crippen LogP contribution in [-0.4, -0.2) is 36.8 Å². The van der Waals surface area contributed by atoms with Gasteiger partial charge in [0.25, 0.3) is 0 Å². The van der Waals surface area contributed by atoms with Gasteiger partial charge in [-0.25, -0.2) is 0 Å². The Morgan fingerprint density at radius 2 is 1.50 bits per heavy atom. The average molecular weight is 325 g/mol. The summed E-state index contributed by atoms with van der Waals surface area (Å²) in [5, 5.41) is 10.4. The van der Waals surface area contributed by atoms with Gasteiger partial charge in [0.1, 0.15) is 5.75 Å². The van der Waals surface area contributed by atoms with E-state index in [1.807, 2.05) is 24.3 Å². The number of benzene rings is 2. The Morgan fingerprint density at radius 1 is 0.917 bits per heavy atom. The summed E-state index contributed by atoms with van der Waals surface area (Å²) in [7, 11) is 1.68. The van der Waals surface area contributed by atoms with Crippen molar-refractivity contribution in [3.05, 3.63) is 54.1 Å². The molecular formula is C21H27NO2. The minimum atomic E-state index is -0.378. The molecule has 1 heterocycles. The van der Waals surface area contributed by atoms with Gasteiger partial charge in [0.15, 0.2) is 0 Å². The third-order valence-electron chi connectivity index (χ3n) is 4.89. The lowest BCUT2D eigenvalue weighted by Crippen LogP contribution is -2.31. The quantitative estimate of drug-likeness (QED) is 0.861. The molecule has 1 atom stereocenters. The Bertz CT molecular complexity index is 615. The zero-order valence-electron chi connectivity index (χ0n) is 14.4. The van der Waals surface area contributed by atoms with Gasteiger partial charge >= 0.3 is 0 Å². The lowest BCUT2D eigenvalue weighted by Gasteiger charge is -2.27. The van der Waals surface area contributed by atoms with Crippen LogP contribution in [0.25, 0.3) is 11.1 Å². The van der Waals surface area contributed by atoms with Crippen LogP contribution in [0.2, 0.25) is 0 Å². The van der Waals surface area contributed by atoms with E-state index in [0.717, 1.165) is 35.4 Å². The molecule has 3 nitrogen and oxygen atoms in total. The fraction of sp³-hybridized carbons (Fsp3) is 0.429. The van der Waals surface area contributed by atoms with Gasteiger partial charge in [0.2, 0.25) is 0 Å². The monoisotopic (exact) mass is 325 g/mol. The van der Waals surface area contributed by atoms with E-state index < -0.39 is 0 Å². The summed E-state index contributed by atoms with van der Waals surface area (Å²) in [6, 6.07) is 16.3. The van der Waals surface area contributed by atoms with E-state index in [9.17, 15) is 5.11 Å². The first-order chi connectivity index (χ1) is 11.8. The number of hydrogen-bond donors (Lipinski definition) is 1. The lowest BCUT2D eigenvalue weighted by atomic mass is 10.00. The predicted octanol–water partition coefficient (Wildman–Crippen LogP) is 4.27. The highest BCUT2D eigenvalue weighted by Crippen LogP contribution is 2.25. The molecule has 1 fully saturated rings. The largest absolute Gasteiger partial charge is 0.497 e. The van der Waals surface area contributed by atoms with Crippen molar-refractivity contribution < 1.29 is 9.84 Å². The topological polar surface area (TPSA) is 32.7 Å². The normalized spacial score (nSPS) is 16.8. The Kier molecular flexibility index (Phi) is 5.89. The van der Waals surface area contributed by atoms with Crippen LogP contribution < -0.4 is 4.74 Å². The fourth-order valence-electron chi connectivity index (χ4n) is 3.34. The summed E-state index contributed by atoms with van der Waals surface area (Å²) >= 11 is 0. The van der Waals surface area contributed by atoms with E-state index in [1.54, 1.807) is 7.11 Å². The van der Waals surface area contributed by atoms with Gasteiger partial charge < -0.3 is 14.7 Å². The summed E-state index contributed by atoms with van der Waals surface area (Å²) in [5.74, 6) is 0.864. The van der Waals surface area contributed by atoms with Crippen molar-refractivity contribution in [2.45, 2.75) is 31.8 Å². The van der Waals surface area contributed by atoms with E-state index in [0.29, 0.717) is 0 Å². The SMILES string of the molecule is COc1ccc(-c2ccc(C(O)CCN3CCCCC3)cc2)cc1. The molecule has 3 rings (SSSR count). The Hall–Kier alpha value is -1.84.